The average Bonchev–Trinajstić information content (AvgIpc) is 2.43. The zero-order chi connectivity index (χ0) is 13.7. The smallest absolute Gasteiger partial charge is 0.125 e. The molecule has 0 bridgehead atoms. The van der Waals surface area contributed by atoms with Crippen LogP contribution in [0.2, 0.25) is 0 Å². The minimum Gasteiger partial charge on any atom is -0.490 e. The highest BCUT2D eigenvalue weighted by atomic mass is 16.5. The lowest BCUT2D eigenvalue weighted by molar-refractivity contribution is 0.0249. The van der Waals surface area contributed by atoms with Crippen molar-refractivity contribution < 1.29 is 9.47 Å². The van der Waals surface area contributed by atoms with Crippen molar-refractivity contribution in [2.24, 2.45) is 5.73 Å². The standard InChI is InChI=1S/C16H25NO2/c1-3-14(17)11-13-6-4-5-12(2)16(13)19-15-7-9-18-10-8-15/h4-6,14-15H,3,7-11,17H2,1-2H3. The number of hydrogen-bond acceptors (Lipinski definition) is 3. The van der Waals surface area contributed by atoms with Crippen LogP contribution >= 0.6 is 0 Å². The van der Waals surface area contributed by atoms with Crippen LogP contribution in [0, 0.1) is 6.92 Å². The zero-order valence-corrected chi connectivity index (χ0v) is 12.0. The molecule has 1 fully saturated rings. The molecule has 1 aromatic rings. The van der Waals surface area contributed by atoms with E-state index < -0.39 is 0 Å². The van der Waals surface area contributed by atoms with Crippen molar-refractivity contribution in [3.63, 3.8) is 0 Å². The molecule has 0 saturated carbocycles. The molecule has 1 atom stereocenters. The molecule has 0 amide bonds. The van der Waals surface area contributed by atoms with Gasteiger partial charge in [-0.25, -0.2) is 0 Å². The Morgan fingerprint density at radius 1 is 1.37 bits per heavy atom. The van der Waals surface area contributed by atoms with Crippen molar-refractivity contribution in [3.05, 3.63) is 29.3 Å². The van der Waals surface area contributed by atoms with E-state index in [1.54, 1.807) is 0 Å². The van der Waals surface area contributed by atoms with Crippen LogP contribution in [0.25, 0.3) is 0 Å². The van der Waals surface area contributed by atoms with E-state index in [0.717, 1.165) is 44.6 Å². The molecule has 2 N–H and O–H groups in total. The van der Waals surface area contributed by atoms with Crippen molar-refractivity contribution in [3.8, 4) is 5.75 Å². The minimum absolute atomic E-state index is 0.207. The summed E-state index contributed by atoms with van der Waals surface area (Å²) < 4.78 is 11.6. The third kappa shape index (κ3) is 3.95. The Hall–Kier alpha value is -1.06. The summed E-state index contributed by atoms with van der Waals surface area (Å²) in [7, 11) is 0. The molecule has 3 nitrogen and oxygen atoms in total. The van der Waals surface area contributed by atoms with Gasteiger partial charge in [-0.05, 0) is 30.9 Å². The summed E-state index contributed by atoms with van der Waals surface area (Å²) in [6.07, 6.45) is 4.12. The second-order valence-corrected chi connectivity index (χ2v) is 5.37. The van der Waals surface area contributed by atoms with Crippen LogP contribution < -0.4 is 10.5 Å². The second-order valence-electron chi connectivity index (χ2n) is 5.37. The van der Waals surface area contributed by atoms with E-state index in [9.17, 15) is 0 Å². The van der Waals surface area contributed by atoms with Crippen LogP contribution in [0.4, 0.5) is 0 Å². The predicted molar refractivity (Wildman–Crippen MR) is 77.6 cm³/mol. The normalized spacial score (nSPS) is 18.3. The summed E-state index contributed by atoms with van der Waals surface area (Å²) in [5, 5.41) is 0. The first-order valence-corrected chi connectivity index (χ1v) is 7.29. The summed E-state index contributed by atoms with van der Waals surface area (Å²) in [5.41, 5.74) is 8.52. The van der Waals surface area contributed by atoms with E-state index in [1.165, 1.54) is 11.1 Å². The van der Waals surface area contributed by atoms with E-state index in [2.05, 4.69) is 32.0 Å². The molecule has 0 radical (unpaired) electrons. The molecule has 0 aliphatic carbocycles. The van der Waals surface area contributed by atoms with Gasteiger partial charge in [0.15, 0.2) is 0 Å². The summed E-state index contributed by atoms with van der Waals surface area (Å²) in [4.78, 5) is 0. The monoisotopic (exact) mass is 263 g/mol. The Morgan fingerprint density at radius 3 is 2.79 bits per heavy atom. The Kier molecular flexibility index (Phi) is 5.23. The topological polar surface area (TPSA) is 44.5 Å². The maximum atomic E-state index is 6.23. The highest BCUT2D eigenvalue weighted by Crippen LogP contribution is 2.27. The van der Waals surface area contributed by atoms with Crippen LogP contribution in [0.15, 0.2) is 18.2 Å². The second kappa shape index (κ2) is 6.92. The molecule has 1 unspecified atom stereocenters. The Balaban J connectivity index is 2.12. The highest BCUT2D eigenvalue weighted by molar-refractivity contribution is 5.41. The van der Waals surface area contributed by atoms with Gasteiger partial charge in [0.05, 0.1) is 13.2 Å². The fourth-order valence-electron chi connectivity index (χ4n) is 2.43. The number of aryl methyl sites for hydroxylation is 1. The lowest BCUT2D eigenvalue weighted by Crippen LogP contribution is -2.27. The first-order chi connectivity index (χ1) is 9.20. The molecule has 1 aliphatic rings. The number of hydrogen-bond donors (Lipinski definition) is 1. The maximum absolute atomic E-state index is 6.23. The van der Waals surface area contributed by atoms with Crippen molar-refractivity contribution in [2.45, 2.75) is 51.7 Å². The minimum atomic E-state index is 0.207. The number of nitrogens with two attached hydrogens (primary N) is 1. The predicted octanol–water partition coefficient (Wildman–Crippen LogP) is 2.83. The van der Waals surface area contributed by atoms with Gasteiger partial charge in [-0.1, -0.05) is 25.1 Å². The molecular formula is C16H25NO2. The number of para-hydroxylation sites is 1. The van der Waals surface area contributed by atoms with E-state index in [1.807, 2.05) is 0 Å². The lowest BCUT2D eigenvalue weighted by Gasteiger charge is -2.26. The molecule has 1 aliphatic heterocycles. The lowest BCUT2D eigenvalue weighted by atomic mass is 10.0. The number of rotatable bonds is 5. The first kappa shape index (κ1) is 14.4. The molecule has 0 spiro atoms. The fraction of sp³-hybridized carbons (Fsp3) is 0.625. The van der Waals surface area contributed by atoms with Crippen molar-refractivity contribution in [2.75, 3.05) is 13.2 Å². The van der Waals surface area contributed by atoms with Crippen LogP contribution in [-0.4, -0.2) is 25.4 Å². The van der Waals surface area contributed by atoms with Gasteiger partial charge in [-0.3, -0.25) is 0 Å². The molecule has 0 aromatic heterocycles. The summed E-state index contributed by atoms with van der Waals surface area (Å²) in [6.45, 7) is 5.84. The van der Waals surface area contributed by atoms with Crippen LogP contribution in [0.3, 0.4) is 0 Å². The summed E-state index contributed by atoms with van der Waals surface area (Å²) >= 11 is 0. The quantitative estimate of drug-likeness (QED) is 0.888. The van der Waals surface area contributed by atoms with E-state index >= 15 is 0 Å². The van der Waals surface area contributed by atoms with Gasteiger partial charge in [0.25, 0.3) is 0 Å². The van der Waals surface area contributed by atoms with Gasteiger partial charge in [0, 0.05) is 18.9 Å². The fourth-order valence-corrected chi connectivity index (χ4v) is 2.43. The van der Waals surface area contributed by atoms with Crippen LogP contribution in [0.1, 0.15) is 37.3 Å². The maximum Gasteiger partial charge on any atom is 0.125 e. The largest absolute Gasteiger partial charge is 0.490 e. The molecule has 1 heterocycles. The average molecular weight is 263 g/mol. The summed E-state index contributed by atoms with van der Waals surface area (Å²) in [5.74, 6) is 1.04. The molecular weight excluding hydrogens is 238 g/mol. The molecule has 19 heavy (non-hydrogen) atoms. The first-order valence-electron chi connectivity index (χ1n) is 7.29. The van der Waals surface area contributed by atoms with E-state index in [-0.39, 0.29) is 12.1 Å². The van der Waals surface area contributed by atoms with Gasteiger partial charge >= 0.3 is 0 Å². The van der Waals surface area contributed by atoms with Gasteiger partial charge in [-0.15, -0.1) is 0 Å². The molecule has 106 valence electrons. The zero-order valence-electron chi connectivity index (χ0n) is 12.0. The molecule has 2 rings (SSSR count). The Bertz CT molecular complexity index is 400. The third-order valence-corrected chi connectivity index (χ3v) is 3.75. The molecule has 1 aromatic carbocycles. The number of ether oxygens (including phenoxy) is 2. The van der Waals surface area contributed by atoms with Crippen molar-refractivity contribution >= 4 is 0 Å². The van der Waals surface area contributed by atoms with Gasteiger partial charge in [0.1, 0.15) is 11.9 Å². The van der Waals surface area contributed by atoms with Gasteiger partial charge in [0.2, 0.25) is 0 Å². The molecule has 3 heteroatoms. The van der Waals surface area contributed by atoms with Crippen molar-refractivity contribution in [1.29, 1.82) is 0 Å². The van der Waals surface area contributed by atoms with Gasteiger partial charge < -0.3 is 15.2 Å². The van der Waals surface area contributed by atoms with Crippen molar-refractivity contribution in [1.82, 2.24) is 0 Å². The van der Waals surface area contributed by atoms with E-state index in [4.69, 9.17) is 15.2 Å². The highest BCUT2D eigenvalue weighted by Gasteiger charge is 2.18. The summed E-state index contributed by atoms with van der Waals surface area (Å²) in [6, 6.07) is 6.54. The van der Waals surface area contributed by atoms with Gasteiger partial charge in [-0.2, -0.15) is 0 Å². The molecule has 1 saturated heterocycles. The van der Waals surface area contributed by atoms with E-state index in [0.29, 0.717) is 0 Å². The SMILES string of the molecule is CCC(N)Cc1cccc(C)c1OC1CCOCC1. The van der Waals surface area contributed by atoms with Crippen LogP contribution in [0.5, 0.6) is 5.75 Å². The number of benzene rings is 1. The third-order valence-electron chi connectivity index (χ3n) is 3.75. The Labute approximate surface area is 116 Å². The van der Waals surface area contributed by atoms with Crippen LogP contribution in [-0.2, 0) is 11.2 Å². The Morgan fingerprint density at radius 2 is 2.11 bits per heavy atom.